The Morgan fingerprint density at radius 2 is 1.84 bits per heavy atom. The number of para-hydroxylation sites is 1. The van der Waals surface area contributed by atoms with Crippen molar-refractivity contribution in [2.24, 2.45) is 0 Å². The number of rotatable bonds is 4. The zero-order valence-corrected chi connectivity index (χ0v) is 13.0. The molecule has 1 aromatic carbocycles. The molecule has 0 atom stereocenters. The third-order valence-corrected chi connectivity index (χ3v) is 3.22. The van der Waals surface area contributed by atoms with Gasteiger partial charge in [-0.15, -0.1) is 0 Å². The van der Waals surface area contributed by atoms with Gasteiger partial charge in [-0.1, -0.05) is 18.2 Å². The summed E-state index contributed by atoms with van der Waals surface area (Å²) in [6.07, 6.45) is -2.17. The fraction of sp³-hybridized carbons (Fsp3) is 0.118. The van der Waals surface area contributed by atoms with Crippen LogP contribution in [0.2, 0.25) is 0 Å². The minimum Gasteiger partial charge on any atom is -0.478 e. The lowest BCUT2D eigenvalue weighted by molar-refractivity contribution is -0.141. The van der Waals surface area contributed by atoms with Crippen molar-refractivity contribution in [3.63, 3.8) is 0 Å². The van der Waals surface area contributed by atoms with Crippen LogP contribution in [0.25, 0.3) is 6.08 Å². The first-order valence-electron chi connectivity index (χ1n) is 7.03. The molecule has 2 N–H and O–H groups in total. The highest BCUT2D eigenvalue weighted by Gasteiger charge is 2.31. The van der Waals surface area contributed by atoms with Crippen LogP contribution >= 0.6 is 0 Å². The SMILES string of the molecule is CC(=Cc1ccc(C(F)(F)F)nc1)C(=O)Nc1ccccc1C(=O)O. The largest absolute Gasteiger partial charge is 0.478 e. The summed E-state index contributed by atoms with van der Waals surface area (Å²) in [7, 11) is 0. The molecule has 0 aliphatic heterocycles. The van der Waals surface area contributed by atoms with Crippen LogP contribution in [0.5, 0.6) is 0 Å². The van der Waals surface area contributed by atoms with Crippen LogP contribution in [0.15, 0.2) is 48.2 Å². The second-order valence-electron chi connectivity index (χ2n) is 5.11. The lowest BCUT2D eigenvalue weighted by atomic mass is 10.1. The summed E-state index contributed by atoms with van der Waals surface area (Å²) in [4.78, 5) is 26.6. The van der Waals surface area contributed by atoms with E-state index in [4.69, 9.17) is 5.11 Å². The third kappa shape index (κ3) is 4.66. The highest BCUT2D eigenvalue weighted by Crippen LogP contribution is 2.27. The molecule has 2 rings (SSSR count). The van der Waals surface area contributed by atoms with Gasteiger partial charge in [0.25, 0.3) is 5.91 Å². The van der Waals surface area contributed by atoms with Gasteiger partial charge in [-0.25, -0.2) is 4.79 Å². The average molecular weight is 350 g/mol. The van der Waals surface area contributed by atoms with Gasteiger partial charge >= 0.3 is 12.1 Å². The molecule has 0 aliphatic carbocycles. The van der Waals surface area contributed by atoms with Crippen LogP contribution in [0.1, 0.15) is 28.5 Å². The Morgan fingerprint density at radius 1 is 1.16 bits per heavy atom. The van der Waals surface area contributed by atoms with Gasteiger partial charge in [-0.3, -0.25) is 9.78 Å². The van der Waals surface area contributed by atoms with E-state index in [1.807, 2.05) is 0 Å². The van der Waals surface area contributed by atoms with Gasteiger partial charge in [0.15, 0.2) is 0 Å². The van der Waals surface area contributed by atoms with E-state index >= 15 is 0 Å². The number of nitrogens with one attached hydrogen (secondary N) is 1. The second-order valence-corrected chi connectivity index (χ2v) is 5.11. The first kappa shape index (κ1) is 18.2. The summed E-state index contributed by atoms with van der Waals surface area (Å²) in [5, 5.41) is 11.5. The number of hydrogen-bond donors (Lipinski definition) is 2. The number of aromatic nitrogens is 1. The van der Waals surface area contributed by atoms with Crippen molar-refractivity contribution in [1.29, 1.82) is 0 Å². The van der Waals surface area contributed by atoms with E-state index < -0.39 is 23.7 Å². The van der Waals surface area contributed by atoms with Crippen LogP contribution in [0, 0.1) is 0 Å². The highest BCUT2D eigenvalue weighted by atomic mass is 19.4. The topological polar surface area (TPSA) is 79.3 Å². The van der Waals surface area contributed by atoms with Gasteiger partial charge in [0, 0.05) is 11.8 Å². The number of hydrogen-bond acceptors (Lipinski definition) is 3. The normalized spacial score (nSPS) is 11.9. The van der Waals surface area contributed by atoms with Crippen molar-refractivity contribution < 1.29 is 27.9 Å². The molecule has 0 unspecified atom stereocenters. The van der Waals surface area contributed by atoms with Crippen LogP contribution in [-0.2, 0) is 11.0 Å². The predicted octanol–water partition coefficient (Wildman–Crippen LogP) is 3.84. The number of carbonyl (C=O) groups is 2. The lowest BCUT2D eigenvalue weighted by Crippen LogP contribution is -2.15. The Balaban J connectivity index is 2.17. The zero-order valence-electron chi connectivity index (χ0n) is 13.0. The molecule has 1 heterocycles. The summed E-state index contributed by atoms with van der Waals surface area (Å²) in [5.74, 6) is -1.77. The molecule has 0 fully saturated rings. The maximum Gasteiger partial charge on any atom is 0.433 e. The van der Waals surface area contributed by atoms with E-state index in [-0.39, 0.29) is 16.8 Å². The molecule has 1 amide bonds. The van der Waals surface area contributed by atoms with Crippen LogP contribution in [0.3, 0.4) is 0 Å². The van der Waals surface area contributed by atoms with Gasteiger partial charge in [0.1, 0.15) is 5.69 Å². The first-order chi connectivity index (χ1) is 11.7. The molecule has 130 valence electrons. The number of anilines is 1. The summed E-state index contributed by atoms with van der Waals surface area (Å²) in [6.45, 7) is 1.45. The summed E-state index contributed by atoms with van der Waals surface area (Å²) < 4.78 is 37.4. The van der Waals surface area contributed by atoms with Crippen molar-refractivity contribution in [2.45, 2.75) is 13.1 Å². The van der Waals surface area contributed by atoms with E-state index in [1.165, 1.54) is 37.3 Å². The molecule has 0 radical (unpaired) electrons. The van der Waals surface area contributed by atoms with Gasteiger partial charge in [0.2, 0.25) is 0 Å². The molecule has 0 bridgehead atoms. The molecule has 2 aromatic rings. The van der Waals surface area contributed by atoms with Crippen molar-refractivity contribution in [3.05, 3.63) is 65.0 Å². The fourth-order valence-corrected chi connectivity index (χ4v) is 1.97. The van der Waals surface area contributed by atoms with Gasteiger partial charge < -0.3 is 10.4 Å². The minimum atomic E-state index is -4.53. The maximum atomic E-state index is 12.5. The van der Waals surface area contributed by atoms with Crippen molar-refractivity contribution in [2.75, 3.05) is 5.32 Å². The van der Waals surface area contributed by atoms with E-state index in [0.29, 0.717) is 5.56 Å². The molecule has 1 aromatic heterocycles. The molecule has 8 heteroatoms. The fourth-order valence-electron chi connectivity index (χ4n) is 1.97. The molecule has 0 saturated carbocycles. The Bertz CT molecular complexity index is 828. The monoisotopic (exact) mass is 350 g/mol. The number of pyridine rings is 1. The van der Waals surface area contributed by atoms with Crippen molar-refractivity contribution in [1.82, 2.24) is 4.98 Å². The highest BCUT2D eigenvalue weighted by molar-refractivity contribution is 6.09. The number of carbonyl (C=O) groups excluding carboxylic acids is 1. The van der Waals surface area contributed by atoms with Crippen molar-refractivity contribution >= 4 is 23.6 Å². The summed E-state index contributed by atoms with van der Waals surface area (Å²) in [5.41, 5.74) is -0.478. The maximum absolute atomic E-state index is 12.5. The third-order valence-electron chi connectivity index (χ3n) is 3.22. The second kappa shape index (κ2) is 7.16. The van der Waals surface area contributed by atoms with Gasteiger partial charge in [-0.2, -0.15) is 13.2 Å². The Hall–Kier alpha value is -3.16. The number of amides is 1. The molecule has 0 saturated heterocycles. The predicted molar refractivity (Wildman–Crippen MR) is 84.9 cm³/mol. The Morgan fingerprint density at radius 3 is 2.40 bits per heavy atom. The summed E-state index contributed by atoms with van der Waals surface area (Å²) in [6, 6.07) is 7.89. The number of benzene rings is 1. The number of carboxylic acids is 1. The minimum absolute atomic E-state index is 0.0696. The molecule has 5 nitrogen and oxygen atoms in total. The Kier molecular flexibility index (Phi) is 5.21. The average Bonchev–Trinajstić information content (AvgIpc) is 2.54. The van der Waals surface area contributed by atoms with Crippen molar-refractivity contribution in [3.8, 4) is 0 Å². The van der Waals surface area contributed by atoms with E-state index in [0.717, 1.165) is 12.3 Å². The van der Waals surface area contributed by atoms with Gasteiger partial charge in [0.05, 0.1) is 11.3 Å². The van der Waals surface area contributed by atoms with Crippen LogP contribution < -0.4 is 5.32 Å². The van der Waals surface area contributed by atoms with E-state index in [2.05, 4.69) is 10.3 Å². The quantitative estimate of drug-likeness (QED) is 0.821. The molecule has 25 heavy (non-hydrogen) atoms. The zero-order chi connectivity index (χ0) is 18.6. The number of aromatic carboxylic acids is 1. The van der Waals surface area contributed by atoms with Crippen LogP contribution in [0.4, 0.5) is 18.9 Å². The summed E-state index contributed by atoms with van der Waals surface area (Å²) >= 11 is 0. The van der Waals surface area contributed by atoms with Crippen LogP contribution in [-0.4, -0.2) is 22.0 Å². The number of halogens is 3. The molecule has 0 aliphatic rings. The number of nitrogens with zero attached hydrogens (tertiary/aromatic N) is 1. The lowest BCUT2D eigenvalue weighted by Gasteiger charge is -2.09. The smallest absolute Gasteiger partial charge is 0.433 e. The first-order valence-corrected chi connectivity index (χ1v) is 7.03. The molecular weight excluding hydrogens is 337 g/mol. The van der Waals surface area contributed by atoms with Gasteiger partial charge in [-0.05, 0) is 36.8 Å². The number of carboxylic acid groups (broad SMARTS) is 1. The molecule has 0 spiro atoms. The number of alkyl halides is 3. The Labute approximate surface area is 140 Å². The molecular formula is C17H13F3N2O3. The van der Waals surface area contributed by atoms with E-state index in [9.17, 15) is 22.8 Å². The standard InChI is InChI=1S/C17H13F3N2O3/c1-10(8-11-6-7-14(21-9-11)17(18,19)20)15(23)22-13-5-3-2-4-12(13)16(24)25/h2-9H,1H3,(H,22,23)(H,24,25). The van der Waals surface area contributed by atoms with E-state index in [1.54, 1.807) is 6.07 Å².